The molecule has 1 aromatic carbocycles. The molecule has 1 saturated heterocycles. The first-order valence-electron chi connectivity index (χ1n) is 9.94. The van der Waals surface area contributed by atoms with Crippen molar-refractivity contribution in [3.05, 3.63) is 54.4 Å². The van der Waals surface area contributed by atoms with Gasteiger partial charge in [0.2, 0.25) is 21.8 Å². The molecular weight excluding hydrogens is 404 g/mol. The number of hydrogen-bond acceptors (Lipinski definition) is 5. The first-order chi connectivity index (χ1) is 14.4. The molecule has 0 unspecified atom stereocenters. The smallest absolute Gasteiger partial charge is 0.243 e. The highest BCUT2D eigenvalue weighted by molar-refractivity contribution is 7.89. The molecule has 8 nitrogen and oxygen atoms in total. The van der Waals surface area contributed by atoms with Crippen LogP contribution < -0.4 is 10.2 Å². The lowest BCUT2D eigenvalue weighted by molar-refractivity contribution is -0.126. The first kappa shape index (κ1) is 21.9. The van der Waals surface area contributed by atoms with Crippen LogP contribution in [0.15, 0.2) is 53.7 Å². The number of rotatable bonds is 8. The summed E-state index contributed by atoms with van der Waals surface area (Å²) in [5.41, 5.74) is 1.47. The van der Waals surface area contributed by atoms with Crippen molar-refractivity contribution in [1.82, 2.24) is 14.6 Å². The van der Waals surface area contributed by atoms with Crippen LogP contribution in [0.1, 0.15) is 25.8 Å². The molecule has 1 aliphatic heterocycles. The Labute approximate surface area is 177 Å². The predicted octanol–water partition coefficient (Wildman–Crippen LogP) is 1.78. The molecule has 3 rings (SSSR count). The molecule has 9 heteroatoms. The van der Waals surface area contributed by atoms with Gasteiger partial charge in [-0.05, 0) is 35.9 Å². The van der Waals surface area contributed by atoms with E-state index in [1.54, 1.807) is 44.4 Å². The van der Waals surface area contributed by atoms with Crippen molar-refractivity contribution < 1.29 is 18.0 Å². The molecule has 0 saturated carbocycles. The summed E-state index contributed by atoms with van der Waals surface area (Å²) in [5.74, 6) is -0.792. The van der Waals surface area contributed by atoms with Crippen LogP contribution in [0.4, 0.5) is 5.69 Å². The predicted molar refractivity (Wildman–Crippen MR) is 113 cm³/mol. The number of amides is 2. The molecule has 30 heavy (non-hydrogen) atoms. The third kappa shape index (κ3) is 4.68. The zero-order valence-electron chi connectivity index (χ0n) is 17.1. The summed E-state index contributed by atoms with van der Waals surface area (Å²) in [4.78, 5) is 30.7. The van der Waals surface area contributed by atoms with Crippen LogP contribution >= 0.6 is 0 Å². The van der Waals surface area contributed by atoms with E-state index in [0.29, 0.717) is 25.3 Å². The van der Waals surface area contributed by atoms with Gasteiger partial charge in [0, 0.05) is 50.7 Å². The fourth-order valence-corrected chi connectivity index (χ4v) is 4.94. The van der Waals surface area contributed by atoms with E-state index in [1.807, 2.05) is 6.07 Å². The Bertz CT molecular complexity index is 989. The third-order valence-electron chi connectivity index (χ3n) is 5.18. The van der Waals surface area contributed by atoms with Crippen molar-refractivity contribution in [3.8, 4) is 0 Å². The van der Waals surface area contributed by atoms with Crippen LogP contribution in [0, 0.1) is 5.92 Å². The molecule has 2 amide bonds. The largest absolute Gasteiger partial charge is 0.352 e. The lowest BCUT2D eigenvalue weighted by atomic mass is 10.1. The van der Waals surface area contributed by atoms with Gasteiger partial charge in [0.1, 0.15) is 0 Å². The van der Waals surface area contributed by atoms with Crippen molar-refractivity contribution >= 4 is 27.5 Å². The Hall–Kier alpha value is -2.78. The number of anilines is 1. The normalized spacial score (nSPS) is 16.8. The minimum atomic E-state index is -3.55. The van der Waals surface area contributed by atoms with Gasteiger partial charge >= 0.3 is 0 Å². The fraction of sp³-hybridized carbons (Fsp3) is 0.381. The van der Waals surface area contributed by atoms with Crippen LogP contribution in [0.25, 0.3) is 0 Å². The number of sulfonamides is 1. The monoisotopic (exact) mass is 430 g/mol. The molecule has 2 heterocycles. The minimum absolute atomic E-state index is 0.123. The number of nitrogens with zero attached hydrogens (tertiary/aromatic N) is 3. The van der Waals surface area contributed by atoms with Gasteiger partial charge < -0.3 is 10.2 Å². The van der Waals surface area contributed by atoms with Crippen LogP contribution in [0.5, 0.6) is 0 Å². The average molecular weight is 431 g/mol. The highest BCUT2D eigenvalue weighted by atomic mass is 32.2. The third-order valence-corrected chi connectivity index (χ3v) is 7.24. The molecule has 0 aliphatic carbocycles. The topological polar surface area (TPSA) is 99.7 Å². The zero-order chi connectivity index (χ0) is 21.7. The van der Waals surface area contributed by atoms with Gasteiger partial charge in [0.05, 0.1) is 10.8 Å². The van der Waals surface area contributed by atoms with Crippen molar-refractivity contribution in [3.63, 3.8) is 0 Å². The van der Waals surface area contributed by atoms with Gasteiger partial charge in [0.15, 0.2) is 0 Å². The zero-order valence-corrected chi connectivity index (χ0v) is 17.9. The van der Waals surface area contributed by atoms with Crippen LogP contribution in [0.2, 0.25) is 0 Å². The second-order valence-corrected chi connectivity index (χ2v) is 9.01. The Morgan fingerprint density at radius 2 is 1.90 bits per heavy atom. The van der Waals surface area contributed by atoms with E-state index in [0.717, 1.165) is 5.56 Å². The molecule has 1 aromatic heterocycles. The molecule has 0 bridgehead atoms. The lowest BCUT2D eigenvalue weighted by Gasteiger charge is -2.20. The Kier molecular flexibility index (Phi) is 6.84. The van der Waals surface area contributed by atoms with Crippen molar-refractivity contribution in [2.45, 2.75) is 31.7 Å². The minimum Gasteiger partial charge on any atom is -0.352 e. The number of nitrogens with one attached hydrogen (secondary N) is 1. The van der Waals surface area contributed by atoms with Gasteiger partial charge in [-0.15, -0.1) is 0 Å². The summed E-state index contributed by atoms with van der Waals surface area (Å²) < 4.78 is 26.6. The quantitative estimate of drug-likeness (QED) is 0.688. The number of carbonyl (C=O) groups excluding carboxylic acids is 2. The van der Waals surface area contributed by atoms with Gasteiger partial charge in [-0.3, -0.25) is 14.6 Å². The van der Waals surface area contributed by atoms with E-state index in [2.05, 4.69) is 10.3 Å². The van der Waals surface area contributed by atoms with Crippen molar-refractivity contribution in [2.75, 3.05) is 24.5 Å². The maximum atomic E-state index is 12.6. The molecule has 2 aromatic rings. The standard InChI is InChI=1S/C21H26N4O4S/c1-3-24(4-2)30(28,29)19-9-7-18(8-10-19)25-15-17(12-20(25)26)21(27)23-14-16-6-5-11-22-13-16/h5-11,13,17H,3-4,12,14-15H2,1-2H3,(H,23,27)/t17-/m0/s1. The van der Waals surface area contributed by atoms with Gasteiger partial charge in [0.25, 0.3) is 0 Å². The molecule has 0 spiro atoms. The summed E-state index contributed by atoms with van der Waals surface area (Å²) in [5, 5.41) is 2.85. The fourth-order valence-electron chi connectivity index (χ4n) is 3.48. The maximum Gasteiger partial charge on any atom is 0.243 e. The molecule has 1 fully saturated rings. The SMILES string of the molecule is CCN(CC)S(=O)(=O)c1ccc(N2C[C@@H](C(=O)NCc3cccnc3)CC2=O)cc1. The maximum absolute atomic E-state index is 12.6. The number of aromatic nitrogens is 1. The molecule has 1 aliphatic rings. The van der Waals surface area contributed by atoms with Gasteiger partial charge in [-0.1, -0.05) is 19.9 Å². The molecule has 1 N–H and O–H groups in total. The van der Waals surface area contributed by atoms with Crippen LogP contribution in [0.3, 0.4) is 0 Å². The van der Waals surface area contributed by atoms with Crippen LogP contribution in [-0.4, -0.2) is 49.2 Å². The van der Waals surface area contributed by atoms with Gasteiger partial charge in [-0.25, -0.2) is 8.42 Å². The number of hydrogen-bond donors (Lipinski definition) is 1. The van der Waals surface area contributed by atoms with E-state index in [1.165, 1.54) is 21.3 Å². The summed E-state index contributed by atoms with van der Waals surface area (Å²) in [6, 6.07) is 9.91. The summed E-state index contributed by atoms with van der Waals surface area (Å²) >= 11 is 0. The molecule has 160 valence electrons. The Morgan fingerprint density at radius 3 is 2.50 bits per heavy atom. The highest BCUT2D eigenvalue weighted by Crippen LogP contribution is 2.27. The van der Waals surface area contributed by atoms with Crippen molar-refractivity contribution in [2.24, 2.45) is 5.92 Å². The second kappa shape index (κ2) is 9.36. The van der Waals surface area contributed by atoms with E-state index >= 15 is 0 Å². The summed E-state index contributed by atoms with van der Waals surface area (Å²) in [6.07, 6.45) is 3.47. The second-order valence-electron chi connectivity index (χ2n) is 7.07. The Morgan fingerprint density at radius 1 is 1.20 bits per heavy atom. The number of benzene rings is 1. The van der Waals surface area contributed by atoms with Gasteiger partial charge in [-0.2, -0.15) is 4.31 Å². The summed E-state index contributed by atoms with van der Waals surface area (Å²) in [7, 11) is -3.55. The Balaban J connectivity index is 1.65. The van der Waals surface area contributed by atoms with Crippen LogP contribution in [-0.2, 0) is 26.2 Å². The van der Waals surface area contributed by atoms with E-state index in [4.69, 9.17) is 0 Å². The average Bonchev–Trinajstić information content (AvgIpc) is 3.15. The first-order valence-corrected chi connectivity index (χ1v) is 11.4. The highest BCUT2D eigenvalue weighted by Gasteiger charge is 2.35. The number of carbonyl (C=O) groups is 2. The molecule has 1 atom stereocenters. The molecular formula is C21H26N4O4S. The summed E-state index contributed by atoms with van der Waals surface area (Å²) in [6.45, 7) is 4.98. The van der Waals surface area contributed by atoms with E-state index in [-0.39, 0.29) is 29.7 Å². The van der Waals surface area contributed by atoms with Crippen molar-refractivity contribution in [1.29, 1.82) is 0 Å². The number of pyridine rings is 1. The van der Waals surface area contributed by atoms with E-state index in [9.17, 15) is 18.0 Å². The lowest BCUT2D eigenvalue weighted by Crippen LogP contribution is -2.32. The molecule has 0 radical (unpaired) electrons. The van der Waals surface area contributed by atoms with E-state index < -0.39 is 15.9 Å².